The Kier molecular flexibility index (Phi) is 6.72. The first-order chi connectivity index (χ1) is 17.4. The van der Waals surface area contributed by atoms with Gasteiger partial charge in [-0.15, -0.1) is 0 Å². The number of hydrogen-bond acceptors (Lipinski definition) is 5. The lowest BCUT2D eigenvalue weighted by Crippen LogP contribution is -2.30. The van der Waals surface area contributed by atoms with Gasteiger partial charge in [-0.25, -0.2) is 0 Å². The molecule has 1 aliphatic heterocycles. The van der Waals surface area contributed by atoms with Crippen molar-refractivity contribution in [3.63, 3.8) is 0 Å². The second kappa shape index (κ2) is 10.1. The summed E-state index contributed by atoms with van der Waals surface area (Å²) in [5.74, 6) is -1.40. The Labute approximate surface area is 209 Å². The third-order valence-corrected chi connectivity index (χ3v) is 7.37. The number of carboxylic acids is 1. The standard InChI is InChI=1S/C29H29NO6/c31-24(18-13-14-21-20-11-7-12-25(20)36-26(21)17-18)16-19(29(34)35)8-3-1-2-6-15-30-27(32)22-9-4-5-10-23(22)28(30)33/h4-5,9-10,13-14,17,19H,1-3,6-8,11-12,15-16H2,(H,34,35)/t19-/m1/s1. The third kappa shape index (κ3) is 4.57. The zero-order chi connectivity index (χ0) is 25.2. The molecule has 1 aliphatic carbocycles. The van der Waals surface area contributed by atoms with Crippen LogP contribution in [0, 0.1) is 5.92 Å². The minimum atomic E-state index is -0.965. The minimum absolute atomic E-state index is 0.0453. The van der Waals surface area contributed by atoms with E-state index >= 15 is 0 Å². The van der Waals surface area contributed by atoms with Gasteiger partial charge in [0.25, 0.3) is 11.8 Å². The van der Waals surface area contributed by atoms with E-state index in [4.69, 9.17) is 4.42 Å². The molecule has 3 aromatic rings. The van der Waals surface area contributed by atoms with Crippen LogP contribution in [0.2, 0.25) is 0 Å². The summed E-state index contributed by atoms with van der Waals surface area (Å²) in [5, 5.41) is 10.7. The third-order valence-electron chi connectivity index (χ3n) is 7.37. The number of aliphatic carboxylic acids is 1. The number of aryl methyl sites for hydroxylation is 2. The smallest absolute Gasteiger partial charge is 0.306 e. The highest BCUT2D eigenvalue weighted by atomic mass is 16.4. The van der Waals surface area contributed by atoms with Crippen LogP contribution >= 0.6 is 0 Å². The zero-order valence-electron chi connectivity index (χ0n) is 20.1. The van der Waals surface area contributed by atoms with Gasteiger partial charge in [-0.05, 0) is 43.9 Å². The summed E-state index contributed by atoms with van der Waals surface area (Å²) < 4.78 is 5.91. The highest BCUT2D eigenvalue weighted by Gasteiger charge is 2.34. The summed E-state index contributed by atoms with van der Waals surface area (Å²) in [5.41, 5.74) is 3.33. The van der Waals surface area contributed by atoms with E-state index in [1.165, 1.54) is 10.5 Å². The molecule has 0 fully saturated rings. The Morgan fingerprint density at radius 3 is 2.39 bits per heavy atom. The van der Waals surface area contributed by atoms with Crippen molar-refractivity contribution in [1.29, 1.82) is 0 Å². The Morgan fingerprint density at radius 2 is 1.67 bits per heavy atom. The van der Waals surface area contributed by atoms with Gasteiger partial charge in [-0.1, -0.05) is 43.5 Å². The van der Waals surface area contributed by atoms with E-state index in [0.717, 1.165) is 43.3 Å². The number of carbonyl (C=O) groups excluding carboxylic acids is 3. The first-order valence-electron chi connectivity index (χ1n) is 12.7. The van der Waals surface area contributed by atoms with Crippen LogP contribution in [0.15, 0.2) is 46.9 Å². The summed E-state index contributed by atoms with van der Waals surface area (Å²) in [6.45, 7) is 0.353. The second-order valence-electron chi connectivity index (χ2n) is 9.74. The van der Waals surface area contributed by atoms with Crippen molar-refractivity contribution < 1.29 is 28.7 Å². The number of Topliss-reactive ketones (excluding diaryl/α,β-unsaturated/α-hetero) is 1. The number of furan rings is 1. The molecule has 5 rings (SSSR count). The van der Waals surface area contributed by atoms with Gasteiger partial charge >= 0.3 is 5.97 Å². The molecule has 0 spiro atoms. The maximum absolute atomic E-state index is 12.8. The fourth-order valence-electron chi connectivity index (χ4n) is 5.39. The first-order valence-corrected chi connectivity index (χ1v) is 12.7. The van der Waals surface area contributed by atoms with Gasteiger partial charge in [0.05, 0.1) is 17.0 Å². The number of rotatable bonds is 11. The van der Waals surface area contributed by atoms with Crippen LogP contribution in [0.25, 0.3) is 11.0 Å². The molecular weight excluding hydrogens is 458 g/mol. The Bertz CT molecular complexity index is 1320. The molecule has 0 radical (unpaired) electrons. The summed E-state index contributed by atoms with van der Waals surface area (Å²) >= 11 is 0. The van der Waals surface area contributed by atoms with Crippen molar-refractivity contribution >= 4 is 34.5 Å². The summed E-state index contributed by atoms with van der Waals surface area (Å²) in [7, 11) is 0. The average molecular weight is 488 g/mol. The van der Waals surface area contributed by atoms with Gasteiger partial charge in [0, 0.05) is 35.9 Å². The van der Waals surface area contributed by atoms with Crippen LogP contribution < -0.4 is 0 Å². The molecule has 0 saturated heterocycles. The Morgan fingerprint density at radius 1 is 0.944 bits per heavy atom. The molecule has 36 heavy (non-hydrogen) atoms. The van der Waals surface area contributed by atoms with Crippen molar-refractivity contribution in [3.05, 3.63) is 70.5 Å². The van der Waals surface area contributed by atoms with E-state index in [0.29, 0.717) is 48.1 Å². The molecule has 2 amide bonds. The number of amides is 2. The number of imide groups is 1. The number of fused-ring (bicyclic) bond motifs is 4. The predicted molar refractivity (Wildman–Crippen MR) is 133 cm³/mol. The van der Waals surface area contributed by atoms with Crippen LogP contribution in [0.4, 0.5) is 0 Å². The van der Waals surface area contributed by atoms with Crippen molar-refractivity contribution in [2.24, 2.45) is 5.92 Å². The number of nitrogens with zero attached hydrogens (tertiary/aromatic N) is 1. The highest BCUT2D eigenvalue weighted by Crippen LogP contribution is 2.33. The van der Waals surface area contributed by atoms with Crippen LogP contribution in [-0.4, -0.2) is 40.1 Å². The normalized spacial score (nSPS) is 15.4. The fraction of sp³-hybridized carbons (Fsp3) is 0.379. The number of carbonyl (C=O) groups is 4. The van der Waals surface area contributed by atoms with E-state index in [-0.39, 0.29) is 24.0 Å². The lowest BCUT2D eigenvalue weighted by molar-refractivity contribution is -0.141. The SMILES string of the molecule is O=C(C[C@@H](CCCCCCN1C(=O)c2ccccc2C1=O)C(=O)O)c1ccc2c3c(oc2c1)CCC3. The number of hydrogen-bond donors (Lipinski definition) is 1. The van der Waals surface area contributed by atoms with E-state index < -0.39 is 11.9 Å². The molecule has 1 aromatic heterocycles. The summed E-state index contributed by atoms with van der Waals surface area (Å²) in [6.07, 6.45) is 6.24. The minimum Gasteiger partial charge on any atom is -0.481 e. The molecule has 1 atom stereocenters. The number of benzene rings is 2. The molecule has 7 nitrogen and oxygen atoms in total. The Balaban J connectivity index is 1.08. The van der Waals surface area contributed by atoms with E-state index in [2.05, 4.69) is 0 Å². The molecular formula is C29H29NO6. The van der Waals surface area contributed by atoms with Gasteiger partial charge in [-0.3, -0.25) is 24.1 Å². The largest absolute Gasteiger partial charge is 0.481 e. The van der Waals surface area contributed by atoms with Gasteiger partial charge in [0.1, 0.15) is 11.3 Å². The molecule has 0 saturated carbocycles. The summed E-state index contributed by atoms with van der Waals surface area (Å²) in [6, 6.07) is 12.3. The van der Waals surface area contributed by atoms with Crippen LogP contribution in [0.1, 0.15) is 87.3 Å². The first kappa shape index (κ1) is 24.0. The molecule has 7 heteroatoms. The molecule has 0 unspecified atom stereocenters. The topological polar surface area (TPSA) is 105 Å². The average Bonchev–Trinajstić information content (AvgIpc) is 3.53. The van der Waals surface area contributed by atoms with Gasteiger partial charge in [0.2, 0.25) is 0 Å². The lowest BCUT2D eigenvalue weighted by Gasteiger charge is -2.14. The van der Waals surface area contributed by atoms with Crippen molar-refractivity contribution in [1.82, 2.24) is 4.90 Å². The fourth-order valence-corrected chi connectivity index (χ4v) is 5.39. The van der Waals surface area contributed by atoms with Crippen LogP contribution in [0.5, 0.6) is 0 Å². The van der Waals surface area contributed by atoms with Gasteiger partial charge in [-0.2, -0.15) is 0 Å². The predicted octanol–water partition coefficient (Wildman–Crippen LogP) is 5.44. The summed E-state index contributed by atoms with van der Waals surface area (Å²) in [4.78, 5) is 50.8. The second-order valence-corrected chi connectivity index (χ2v) is 9.74. The van der Waals surface area contributed by atoms with Crippen molar-refractivity contribution in [2.75, 3.05) is 6.54 Å². The van der Waals surface area contributed by atoms with Crippen molar-refractivity contribution in [3.8, 4) is 0 Å². The molecule has 2 heterocycles. The lowest BCUT2D eigenvalue weighted by atomic mass is 9.92. The zero-order valence-corrected chi connectivity index (χ0v) is 20.1. The maximum atomic E-state index is 12.8. The number of ketones is 1. The van der Waals surface area contributed by atoms with E-state index in [1.807, 2.05) is 6.07 Å². The van der Waals surface area contributed by atoms with E-state index in [1.54, 1.807) is 36.4 Å². The van der Waals surface area contributed by atoms with Gasteiger partial charge < -0.3 is 9.52 Å². The van der Waals surface area contributed by atoms with Crippen LogP contribution in [0.3, 0.4) is 0 Å². The number of unbranched alkanes of at least 4 members (excludes halogenated alkanes) is 3. The van der Waals surface area contributed by atoms with E-state index in [9.17, 15) is 24.3 Å². The molecule has 2 aliphatic rings. The molecule has 1 N–H and O–H groups in total. The molecule has 186 valence electrons. The monoisotopic (exact) mass is 487 g/mol. The quantitative estimate of drug-likeness (QED) is 0.219. The highest BCUT2D eigenvalue weighted by molar-refractivity contribution is 6.21. The number of carboxylic acid groups (broad SMARTS) is 1. The van der Waals surface area contributed by atoms with Crippen molar-refractivity contribution in [2.45, 2.75) is 57.8 Å². The van der Waals surface area contributed by atoms with Gasteiger partial charge in [0.15, 0.2) is 5.78 Å². The molecule has 0 bridgehead atoms. The molecule has 2 aromatic carbocycles. The van der Waals surface area contributed by atoms with Crippen LogP contribution in [-0.2, 0) is 17.6 Å². The maximum Gasteiger partial charge on any atom is 0.306 e. The Hall–Kier alpha value is -3.74.